The predicted octanol–water partition coefficient (Wildman–Crippen LogP) is 2.63. The van der Waals surface area contributed by atoms with Gasteiger partial charge in [-0.1, -0.05) is 0 Å². The molecule has 1 aromatic heterocycles. The molecular formula is C14H13NO3. The molecule has 1 aromatic carbocycles. The third-order valence-corrected chi connectivity index (χ3v) is 2.43. The number of pyridine rings is 1. The Hall–Kier alpha value is -2.36. The van der Waals surface area contributed by atoms with Gasteiger partial charge in [0.2, 0.25) is 0 Å². The van der Waals surface area contributed by atoms with Gasteiger partial charge in [0.15, 0.2) is 0 Å². The zero-order valence-electron chi connectivity index (χ0n) is 9.96. The summed E-state index contributed by atoms with van der Waals surface area (Å²) in [5, 5.41) is 9.22. The van der Waals surface area contributed by atoms with Crippen LogP contribution < -0.4 is 0 Å². The fourth-order valence-electron chi connectivity index (χ4n) is 1.56. The second-order valence-electron chi connectivity index (χ2n) is 3.70. The molecule has 0 saturated carbocycles. The molecule has 0 amide bonds. The number of phenolic OH excluding ortho intramolecular Hbond substituents is 1. The summed E-state index contributed by atoms with van der Waals surface area (Å²) in [7, 11) is 0. The molecule has 0 saturated heterocycles. The highest BCUT2D eigenvalue weighted by atomic mass is 16.5. The molecule has 0 fully saturated rings. The van der Waals surface area contributed by atoms with Crippen LogP contribution in [0.5, 0.6) is 5.75 Å². The van der Waals surface area contributed by atoms with E-state index in [1.165, 1.54) is 0 Å². The number of nitrogens with zero attached hydrogens (tertiary/aromatic N) is 1. The Bertz CT molecular complexity index is 549. The van der Waals surface area contributed by atoms with Crippen LogP contribution in [0, 0.1) is 0 Å². The molecule has 4 heteroatoms. The zero-order chi connectivity index (χ0) is 13.0. The summed E-state index contributed by atoms with van der Waals surface area (Å²) in [5.74, 6) is -0.166. The number of aromatic hydroxyl groups is 1. The van der Waals surface area contributed by atoms with E-state index >= 15 is 0 Å². The number of rotatable bonds is 3. The minimum atomic E-state index is -0.361. The molecular weight excluding hydrogens is 230 g/mol. The van der Waals surface area contributed by atoms with Crippen LogP contribution in [-0.4, -0.2) is 22.7 Å². The number of phenols is 1. The summed E-state index contributed by atoms with van der Waals surface area (Å²) in [6.07, 6.45) is 1.56. The first-order chi connectivity index (χ1) is 8.70. The van der Waals surface area contributed by atoms with Crippen molar-refractivity contribution in [2.24, 2.45) is 0 Å². The highest BCUT2D eigenvalue weighted by Crippen LogP contribution is 2.20. The Labute approximate surface area is 105 Å². The molecule has 1 N–H and O–H groups in total. The Morgan fingerprint density at radius 3 is 2.67 bits per heavy atom. The lowest BCUT2D eigenvalue weighted by Gasteiger charge is -2.04. The molecule has 18 heavy (non-hydrogen) atoms. The van der Waals surface area contributed by atoms with Gasteiger partial charge in [-0.15, -0.1) is 0 Å². The van der Waals surface area contributed by atoms with Crippen molar-refractivity contribution in [1.29, 1.82) is 0 Å². The summed E-state index contributed by atoms with van der Waals surface area (Å²) in [6.45, 7) is 2.11. The SMILES string of the molecule is CCOC(=O)c1ccnc(-c2ccc(O)cc2)c1. The van der Waals surface area contributed by atoms with E-state index in [0.717, 1.165) is 5.56 Å². The Kier molecular flexibility index (Phi) is 3.57. The van der Waals surface area contributed by atoms with Crippen molar-refractivity contribution in [2.75, 3.05) is 6.61 Å². The van der Waals surface area contributed by atoms with Crippen LogP contribution in [-0.2, 0) is 4.74 Å². The lowest BCUT2D eigenvalue weighted by molar-refractivity contribution is 0.0526. The first-order valence-corrected chi connectivity index (χ1v) is 5.63. The number of benzene rings is 1. The van der Waals surface area contributed by atoms with Crippen molar-refractivity contribution in [3.8, 4) is 17.0 Å². The fraction of sp³-hybridized carbons (Fsp3) is 0.143. The third kappa shape index (κ3) is 2.66. The molecule has 92 valence electrons. The van der Waals surface area contributed by atoms with E-state index in [-0.39, 0.29) is 11.7 Å². The molecule has 0 aliphatic carbocycles. The van der Waals surface area contributed by atoms with Gasteiger partial charge in [-0.2, -0.15) is 0 Å². The molecule has 4 nitrogen and oxygen atoms in total. The van der Waals surface area contributed by atoms with Crippen molar-refractivity contribution in [3.05, 3.63) is 48.2 Å². The number of carbonyl (C=O) groups is 1. The number of hydrogen-bond acceptors (Lipinski definition) is 4. The van der Waals surface area contributed by atoms with Crippen molar-refractivity contribution >= 4 is 5.97 Å². The van der Waals surface area contributed by atoms with E-state index in [0.29, 0.717) is 17.9 Å². The molecule has 0 radical (unpaired) electrons. The van der Waals surface area contributed by atoms with Crippen molar-refractivity contribution < 1.29 is 14.6 Å². The van der Waals surface area contributed by atoms with E-state index in [1.54, 1.807) is 49.5 Å². The second kappa shape index (κ2) is 5.31. The summed E-state index contributed by atoms with van der Waals surface area (Å²) in [6, 6.07) is 9.92. The number of aromatic nitrogens is 1. The Morgan fingerprint density at radius 2 is 2.00 bits per heavy atom. The first kappa shape index (κ1) is 12.1. The van der Waals surface area contributed by atoms with Gasteiger partial charge in [0.05, 0.1) is 17.9 Å². The molecule has 0 aliphatic heterocycles. The number of ether oxygens (including phenoxy) is 1. The van der Waals surface area contributed by atoms with Crippen LogP contribution in [0.1, 0.15) is 17.3 Å². The summed E-state index contributed by atoms with van der Waals surface area (Å²) < 4.78 is 4.93. The minimum absolute atomic E-state index is 0.195. The van der Waals surface area contributed by atoms with Crippen LogP contribution in [0.25, 0.3) is 11.3 Å². The van der Waals surface area contributed by atoms with Crippen molar-refractivity contribution in [3.63, 3.8) is 0 Å². The van der Waals surface area contributed by atoms with Crippen LogP contribution in [0.3, 0.4) is 0 Å². The largest absolute Gasteiger partial charge is 0.508 e. The average Bonchev–Trinajstić information content (AvgIpc) is 2.40. The maximum atomic E-state index is 11.6. The normalized spacial score (nSPS) is 10.1. The monoisotopic (exact) mass is 243 g/mol. The van der Waals surface area contributed by atoms with Gasteiger partial charge in [0.25, 0.3) is 0 Å². The van der Waals surface area contributed by atoms with Gasteiger partial charge < -0.3 is 9.84 Å². The quantitative estimate of drug-likeness (QED) is 0.842. The topological polar surface area (TPSA) is 59.4 Å². The molecule has 0 bridgehead atoms. The average molecular weight is 243 g/mol. The van der Waals surface area contributed by atoms with Crippen molar-refractivity contribution in [1.82, 2.24) is 4.98 Å². The summed E-state index contributed by atoms with van der Waals surface area (Å²) in [4.78, 5) is 15.8. The second-order valence-corrected chi connectivity index (χ2v) is 3.70. The Balaban J connectivity index is 2.32. The first-order valence-electron chi connectivity index (χ1n) is 5.63. The number of esters is 1. The summed E-state index contributed by atoms with van der Waals surface area (Å²) >= 11 is 0. The molecule has 0 unspecified atom stereocenters. The van der Waals surface area contributed by atoms with Crippen LogP contribution in [0.15, 0.2) is 42.6 Å². The molecule has 1 heterocycles. The lowest BCUT2D eigenvalue weighted by Crippen LogP contribution is -2.04. The number of hydrogen-bond donors (Lipinski definition) is 1. The minimum Gasteiger partial charge on any atom is -0.508 e. The van der Waals surface area contributed by atoms with E-state index in [1.807, 2.05) is 0 Å². The highest BCUT2D eigenvalue weighted by molar-refractivity contribution is 5.90. The number of carbonyl (C=O) groups excluding carboxylic acids is 1. The zero-order valence-corrected chi connectivity index (χ0v) is 9.96. The molecule has 0 aliphatic rings. The Morgan fingerprint density at radius 1 is 1.28 bits per heavy atom. The van der Waals surface area contributed by atoms with Crippen LogP contribution >= 0.6 is 0 Å². The fourth-order valence-corrected chi connectivity index (χ4v) is 1.56. The van der Waals surface area contributed by atoms with Crippen molar-refractivity contribution in [2.45, 2.75) is 6.92 Å². The maximum absolute atomic E-state index is 11.6. The van der Waals surface area contributed by atoms with Gasteiger partial charge in [0.1, 0.15) is 5.75 Å². The summed E-state index contributed by atoms with van der Waals surface area (Å²) in [5.41, 5.74) is 1.97. The van der Waals surface area contributed by atoms with E-state index in [4.69, 9.17) is 4.74 Å². The van der Waals surface area contributed by atoms with Crippen LogP contribution in [0.2, 0.25) is 0 Å². The van der Waals surface area contributed by atoms with Gasteiger partial charge in [-0.25, -0.2) is 4.79 Å². The lowest BCUT2D eigenvalue weighted by atomic mass is 10.1. The van der Waals surface area contributed by atoms with E-state index in [9.17, 15) is 9.90 Å². The molecule has 0 atom stereocenters. The predicted molar refractivity (Wildman–Crippen MR) is 67.3 cm³/mol. The van der Waals surface area contributed by atoms with Gasteiger partial charge in [-0.05, 0) is 43.3 Å². The smallest absolute Gasteiger partial charge is 0.338 e. The van der Waals surface area contributed by atoms with Gasteiger partial charge in [0, 0.05) is 11.8 Å². The molecule has 0 spiro atoms. The molecule has 2 aromatic rings. The molecule has 2 rings (SSSR count). The van der Waals surface area contributed by atoms with Crippen LogP contribution in [0.4, 0.5) is 0 Å². The van der Waals surface area contributed by atoms with Gasteiger partial charge >= 0.3 is 5.97 Å². The van der Waals surface area contributed by atoms with E-state index in [2.05, 4.69) is 4.98 Å². The maximum Gasteiger partial charge on any atom is 0.338 e. The standard InChI is InChI=1S/C14H13NO3/c1-2-18-14(17)11-7-8-15-13(9-11)10-3-5-12(16)6-4-10/h3-9,16H,2H2,1H3. The van der Waals surface area contributed by atoms with E-state index < -0.39 is 0 Å². The highest BCUT2D eigenvalue weighted by Gasteiger charge is 2.08. The third-order valence-electron chi connectivity index (χ3n) is 2.43. The van der Waals surface area contributed by atoms with Gasteiger partial charge in [-0.3, -0.25) is 4.98 Å².